The summed E-state index contributed by atoms with van der Waals surface area (Å²) in [6.07, 6.45) is -4.91. The fraction of sp³-hybridized carbons (Fsp3) is 0.700. The van der Waals surface area contributed by atoms with Gasteiger partial charge in [0.15, 0.2) is 0 Å². The van der Waals surface area contributed by atoms with Crippen LogP contribution in [-0.2, 0) is 19.8 Å². The molecular formula is C10H16F3N4O5P. The van der Waals surface area contributed by atoms with Crippen LogP contribution in [0.25, 0.3) is 0 Å². The van der Waals surface area contributed by atoms with Gasteiger partial charge >= 0.3 is 19.7 Å². The van der Waals surface area contributed by atoms with Gasteiger partial charge in [-0.3, -0.25) is 4.57 Å². The summed E-state index contributed by atoms with van der Waals surface area (Å²) >= 11 is 0. The van der Waals surface area contributed by atoms with Gasteiger partial charge in [-0.2, -0.15) is 13.2 Å². The number of hydrogen-bond donors (Lipinski definition) is 2. The average molecular weight is 360 g/mol. The molecule has 0 amide bonds. The zero-order chi connectivity index (χ0) is 17.8. The van der Waals surface area contributed by atoms with Crippen molar-refractivity contribution in [2.45, 2.75) is 32.7 Å². The Labute approximate surface area is 129 Å². The van der Waals surface area contributed by atoms with E-state index in [2.05, 4.69) is 10.3 Å². The zero-order valence-electron chi connectivity index (χ0n) is 12.5. The highest BCUT2D eigenvalue weighted by Gasteiger charge is 2.44. The van der Waals surface area contributed by atoms with Gasteiger partial charge in [-0.1, -0.05) is 0 Å². The van der Waals surface area contributed by atoms with Gasteiger partial charge in [-0.15, -0.1) is 0 Å². The molecule has 9 nitrogen and oxygen atoms in total. The number of halogens is 3. The Morgan fingerprint density at radius 1 is 1.39 bits per heavy atom. The first-order valence-electron chi connectivity index (χ1n) is 6.52. The van der Waals surface area contributed by atoms with Crippen molar-refractivity contribution in [3.8, 4) is 0 Å². The number of nitro groups is 1. The predicted molar refractivity (Wildman–Crippen MR) is 74.2 cm³/mol. The van der Waals surface area contributed by atoms with Crippen LogP contribution in [0.5, 0.6) is 0 Å². The van der Waals surface area contributed by atoms with E-state index in [-0.39, 0.29) is 13.2 Å². The van der Waals surface area contributed by atoms with E-state index >= 15 is 0 Å². The number of rotatable bonds is 8. The molecule has 2 N–H and O–H groups in total. The highest BCUT2D eigenvalue weighted by Crippen LogP contribution is 2.53. The molecule has 1 atom stereocenters. The van der Waals surface area contributed by atoms with Crippen LogP contribution in [0.3, 0.4) is 0 Å². The average Bonchev–Trinajstić information content (AvgIpc) is 2.83. The first kappa shape index (κ1) is 19.4. The first-order chi connectivity index (χ1) is 10.5. The van der Waals surface area contributed by atoms with Gasteiger partial charge in [0.05, 0.1) is 13.2 Å². The van der Waals surface area contributed by atoms with Gasteiger partial charge in [-0.25, -0.2) is 4.98 Å². The van der Waals surface area contributed by atoms with E-state index in [0.717, 1.165) is 0 Å². The Hall–Kier alpha value is -1.65. The van der Waals surface area contributed by atoms with E-state index in [1.54, 1.807) is 18.8 Å². The predicted octanol–water partition coefficient (Wildman–Crippen LogP) is 3.36. The molecule has 0 aliphatic carbocycles. The number of hydrogen-bond acceptors (Lipinski definition) is 7. The lowest BCUT2D eigenvalue weighted by Gasteiger charge is -2.23. The molecule has 0 fully saturated rings. The van der Waals surface area contributed by atoms with E-state index < -0.39 is 41.9 Å². The van der Waals surface area contributed by atoms with Gasteiger partial charge in [0.1, 0.15) is 5.78 Å². The smallest absolute Gasteiger partial charge is 0.390 e. The number of nitrogens with zero attached hydrogens (tertiary/aromatic N) is 2. The lowest BCUT2D eigenvalue weighted by atomic mass is 10.4. The maximum absolute atomic E-state index is 12.9. The van der Waals surface area contributed by atoms with E-state index in [0.29, 0.717) is 0 Å². The number of imidazole rings is 1. The Bertz CT molecular complexity index is 596. The lowest BCUT2D eigenvalue weighted by molar-refractivity contribution is -0.394. The van der Waals surface area contributed by atoms with Crippen LogP contribution in [-0.4, -0.2) is 33.9 Å². The molecule has 0 radical (unpaired) electrons. The highest BCUT2D eigenvalue weighted by atomic mass is 31.2. The normalized spacial score (nSPS) is 13.8. The fourth-order valence-corrected chi connectivity index (χ4v) is 3.18. The van der Waals surface area contributed by atoms with Crippen LogP contribution >= 0.6 is 7.60 Å². The molecule has 1 aromatic heterocycles. The molecule has 13 heteroatoms. The van der Waals surface area contributed by atoms with E-state index in [9.17, 15) is 27.9 Å². The molecule has 0 bridgehead atoms. The third-order valence-electron chi connectivity index (χ3n) is 2.59. The lowest BCUT2D eigenvalue weighted by Crippen LogP contribution is -2.21. The Morgan fingerprint density at radius 3 is 2.30 bits per heavy atom. The number of alkyl halides is 3. The molecule has 0 aliphatic heterocycles. The van der Waals surface area contributed by atoms with Crippen LogP contribution in [0.4, 0.5) is 24.9 Å². The Balaban J connectivity index is 3.16. The minimum Gasteiger partial charge on any atom is -0.390 e. The summed E-state index contributed by atoms with van der Waals surface area (Å²) < 4.78 is 61.2. The van der Waals surface area contributed by atoms with Crippen LogP contribution in [0.1, 0.15) is 26.5 Å². The summed E-state index contributed by atoms with van der Waals surface area (Å²) in [5.74, 6) is -3.14. The fourth-order valence-electron chi connectivity index (χ4n) is 1.65. The monoisotopic (exact) mass is 360 g/mol. The number of H-pyrrole nitrogens is 1. The second-order valence-electron chi connectivity index (χ2n) is 4.23. The van der Waals surface area contributed by atoms with Crippen molar-refractivity contribution in [1.29, 1.82) is 0 Å². The van der Waals surface area contributed by atoms with Crippen molar-refractivity contribution < 1.29 is 31.7 Å². The number of anilines is 1. The second kappa shape index (κ2) is 7.28. The van der Waals surface area contributed by atoms with E-state index in [1.807, 2.05) is 0 Å². The molecule has 0 aromatic carbocycles. The third kappa shape index (κ3) is 4.66. The second-order valence-corrected chi connectivity index (χ2v) is 6.61. The standard InChI is InChI=1S/C10H16F3N4O5P/c1-4-21-23(20,22-5-2)6(3)14-8-7(10(11,12)13)15-9(16-8)17(18)19/h6,14H,4-5H2,1-3H3,(H,15,16). The molecule has 1 unspecified atom stereocenters. The summed E-state index contributed by atoms with van der Waals surface area (Å²) in [4.78, 5) is 14.3. The number of nitrogens with one attached hydrogen (secondary N) is 2. The molecule has 23 heavy (non-hydrogen) atoms. The third-order valence-corrected chi connectivity index (χ3v) is 4.90. The molecule has 0 spiro atoms. The maximum atomic E-state index is 12.9. The van der Waals surface area contributed by atoms with Gasteiger partial charge in [0, 0.05) is 0 Å². The van der Waals surface area contributed by atoms with Crippen molar-refractivity contribution >= 4 is 19.4 Å². The quantitative estimate of drug-likeness (QED) is 0.414. The van der Waals surface area contributed by atoms with Gasteiger partial charge < -0.3 is 24.5 Å². The van der Waals surface area contributed by atoms with Crippen molar-refractivity contribution in [1.82, 2.24) is 9.97 Å². The van der Waals surface area contributed by atoms with Crippen molar-refractivity contribution in [2.24, 2.45) is 0 Å². The molecular weight excluding hydrogens is 344 g/mol. The molecule has 132 valence electrons. The molecule has 0 saturated heterocycles. The Kier molecular flexibility index (Phi) is 6.14. The minimum atomic E-state index is -4.91. The summed E-state index contributed by atoms with van der Waals surface area (Å²) in [6.45, 7) is 4.37. The van der Waals surface area contributed by atoms with Gasteiger partial charge in [0.25, 0.3) is 5.82 Å². The summed E-state index contributed by atoms with van der Waals surface area (Å²) in [5, 5.41) is 12.8. The molecule has 0 aliphatic rings. The van der Waals surface area contributed by atoms with Crippen LogP contribution < -0.4 is 5.32 Å². The van der Waals surface area contributed by atoms with Gasteiger partial charge in [0.2, 0.25) is 5.69 Å². The molecule has 1 aromatic rings. The van der Waals surface area contributed by atoms with Crippen molar-refractivity contribution in [3.63, 3.8) is 0 Å². The minimum absolute atomic E-state index is 0.0101. The van der Waals surface area contributed by atoms with E-state index in [4.69, 9.17) is 9.05 Å². The maximum Gasteiger partial charge on any atom is 0.451 e. The number of aromatic amines is 1. The molecule has 1 heterocycles. The van der Waals surface area contributed by atoms with Crippen LogP contribution in [0, 0.1) is 10.1 Å². The summed E-state index contributed by atoms with van der Waals surface area (Å²) in [7, 11) is -3.76. The topological polar surface area (TPSA) is 119 Å². The molecule has 1 rings (SSSR count). The SMILES string of the molecule is CCOP(=O)(OCC)C(C)Nc1nc([N+](=O)[O-])[nH]c1C(F)(F)F. The Morgan fingerprint density at radius 2 is 1.91 bits per heavy atom. The molecule has 0 saturated carbocycles. The first-order valence-corrected chi connectivity index (χ1v) is 8.13. The van der Waals surface area contributed by atoms with Crippen molar-refractivity contribution in [2.75, 3.05) is 18.5 Å². The van der Waals surface area contributed by atoms with Crippen LogP contribution in [0.15, 0.2) is 0 Å². The number of aromatic nitrogens is 2. The van der Waals surface area contributed by atoms with Gasteiger partial charge in [-0.05, 0) is 30.7 Å². The zero-order valence-corrected chi connectivity index (χ0v) is 13.4. The van der Waals surface area contributed by atoms with Crippen molar-refractivity contribution in [3.05, 3.63) is 15.8 Å². The highest BCUT2D eigenvalue weighted by molar-refractivity contribution is 7.54. The summed E-state index contributed by atoms with van der Waals surface area (Å²) in [6, 6.07) is 0. The largest absolute Gasteiger partial charge is 0.451 e. The van der Waals surface area contributed by atoms with E-state index in [1.165, 1.54) is 6.92 Å². The summed E-state index contributed by atoms with van der Waals surface area (Å²) in [5.41, 5.74) is -1.45. The van der Waals surface area contributed by atoms with Crippen LogP contribution in [0.2, 0.25) is 0 Å².